The molecule has 0 heterocycles. The average Bonchev–Trinajstić information content (AvgIpc) is 3.17. The van der Waals surface area contributed by atoms with E-state index in [4.69, 9.17) is 21.6 Å². The maximum Gasteiger partial charge on any atom is 0.317 e. The Kier molecular flexibility index (Phi) is 5.96. The van der Waals surface area contributed by atoms with Crippen LogP contribution in [0.4, 0.5) is 10.1 Å². The van der Waals surface area contributed by atoms with Crippen LogP contribution in [0, 0.1) is 17.1 Å². The number of nitriles is 1. The summed E-state index contributed by atoms with van der Waals surface area (Å²) in [5, 5.41) is 12.0. The summed E-state index contributed by atoms with van der Waals surface area (Å²) in [7, 11) is 0. The van der Waals surface area contributed by atoms with Gasteiger partial charge >= 0.3 is 5.97 Å². The highest BCUT2D eigenvalue weighted by molar-refractivity contribution is 6.31. The monoisotopic (exact) mass is 400 g/mol. The van der Waals surface area contributed by atoms with Gasteiger partial charge in [0.05, 0.1) is 16.7 Å². The minimum absolute atomic E-state index is 0.237. The Morgan fingerprint density at radius 3 is 2.61 bits per heavy atom. The Bertz CT molecular complexity index is 949. The van der Waals surface area contributed by atoms with E-state index in [-0.39, 0.29) is 11.3 Å². The Balaban J connectivity index is 1.71. The molecule has 0 aromatic heterocycles. The van der Waals surface area contributed by atoms with Crippen LogP contribution in [-0.4, -0.2) is 18.5 Å². The van der Waals surface area contributed by atoms with Gasteiger partial charge in [-0.05, 0) is 37.1 Å². The zero-order valence-electron chi connectivity index (χ0n) is 15.0. The van der Waals surface area contributed by atoms with Gasteiger partial charge in [-0.2, -0.15) is 5.26 Å². The maximum atomic E-state index is 14.3. The highest BCUT2D eigenvalue weighted by atomic mass is 35.5. The van der Waals surface area contributed by atoms with E-state index in [1.807, 2.05) is 6.07 Å². The number of rotatable bonds is 5. The first-order valence-corrected chi connectivity index (χ1v) is 9.26. The van der Waals surface area contributed by atoms with Crippen molar-refractivity contribution < 1.29 is 18.7 Å². The van der Waals surface area contributed by atoms with E-state index in [9.17, 15) is 14.0 Å². The fourth-order valence-corrected chi connectivity index (χ4v) is 3.76. The smallest absolute Gasteiger partial charge is 0.317 e. The Labute approximate surface area is 167 Å². The molecule has 144 valence electrons. The van der Waals surface area contributed by atoms with Crippen LogP contribution in [-0.2, 0) is 19.7 Å². The molecular weight excluding hydrogens is 383 g/mol. The van der Waals surface area contributed by atoms with Crippen molar-refractivity contribution >= 4 is 29.2 Å². The van der Waals surface area contributed by atoms with E-state index >= 15 is 0 Å². The van der Waals surface area contributed by atoms with Crippen LogP contribution in [0.2, 0.25) is 5.02 Å². The molecule has 2 aromatic carbocycles. The highest BCUT2D eigenvalue weighted by Gasteiger charge is 2.45. The number of ether oxygens (including phenoxy) is 1. The summed E-state index contributed by atoms with van der Waals surface area (Å²) in [5.74, 6) is -1.67. The van der Waals surface area contributed by atoms with Crippen LogP contribution >= 0.6 is 11.6 Å². The standard InChI is InChI=1S/C21H18ClFN2O3/c22-15-8-7-14(12-24)18(11-15)25-19(26)13-28-20(27)21(9-3-4-10-21)16-5-1-2-6-17(16)23/h1-2,5-8,11H,3-4,9-10,13H2,(H,25,26). The van der Waals surface area contributed by atoms with Gasteiger partial charge in [-0.3, -0.25) is 9.59 Å². The molecule has 2 aromatic rings. The molecular formula is C21H18ClFN2O3. The number of hydrogen-bond donors (Lipinski definition) is 1. The number of benzene rings is 2. The first-order valence-electron chi connectivity index (χ1n) is 8.88. The topological polar surface area (TPSA) is 79.2 Å². The fraction of sp³-hybridized carbons (Fsp3) is 0.286. The molecule has 1 fully saturated rings. The highest BCUT2D eigenvalue weighted by Crippen LogP contribution is 2.43. The third kappa shape index (κ3) is 4.00. The molecule has 0 aliphatic heterocycles. The first-order chi connectivity index (χ1) is 13.5. The van der Waals surface area contributed by atoms with Crippen molar-refractivity contribution in [3.05, 3.63) is 64.4 Å². The Morgan fingerprint density at radius 2 is 1.93 bits per heavy atom. The number of carbonyl (C=O) groups excluding carboxylic acids is 2. The number of nitrogens with zero attached hydrogens (tertiary/aromatic N) is 1. The van der Waals surface area contributed by atoms with Crippen molar-refractivity contribution in [1.29, 1.82) is 5.26 Å². The van der Waals surface area contributed by atoms with Gasteiger partial charge < -0.3 is 10.1 Å². The van der Waals surface area contributed by atoms with Crippen LogP contribution in [0.3, 0.4) is 0 Å². The molecule has 0 unspecified atom stereocenters. The lowest BCUT2D eigenvalue weighted by atomic mass is 9.78. The molecule has 1 aliphatic rings. The molecule has 0 bridgehead atoms. The van der Waals surface area contributed by atoms with Gasteiger partial charge in [0.15, 0.2) is 6.61 Å². The number of nitrogens with one attached hydrogen (secondary N) is 1. The van der Waals surface area contributed by atoms with Gasteiger partial charge in [-0.25, -0.2) is 4.39 Å². The number of hydrogen-bond acceptors (Lipinski definition) is 4. The van der Waals surface area contributed by atoms with Crippen LogP contribution in [0.25, 0.3) is 0 Å². The van der Waals surface area contributed by atoms with Gasteiger partial charge in [0.2, 0.25) is 0 Å². The maximum absolute atomic E-state index is 14.3. The van der Waals surface area contributed by atoms with E-state index in [0.717, 1.165) is 12.8 Å². The zero-order valence-corrected chi connectivity index (χ0v) is 15.8. The quantitative estimate of drug-likeness (QED) is 0.757. The molecule has 28 heavy (non-hydrogen) atoms. The second-order valence-electron chi connectivity index (χ2n) is 6.70. The minimum atomic E-state index is -1.07. The number of halogens is 2. The number of anilines is 1. The molecule has 7 heteroatoms. The molecule has 0 radical (unpaired) electrons. The molecule has 1 saturated carbocycles. The molecule has 0 saturated heterocycles. The van der Waals surface area contributed by atoms with Gasteiger partial charge in [0.1, 0.15) is 11.9 Å². The zero-order chi connectivity index (χ0) is 20.1. The Morgan fingerprint density at radius 1 is 1.21 bits per heavy atom. The summed E-state index contributed by atoms with van der Waals surface area (Å²) in [6.07, 6.45) is 2.51. The molecule has 5 nitrogen and oxygen atoms in total. The van der Waals surface area contributed by atoms with Crippen molar-refractivity contribution in [2.24, 2.45) is 0 Å². The number of esters is 1. The predicted molar refractivity (Wildman–Crippen MR) is 102 cm³/mol. The van der Waals surface area contributed by atoms with Crippen molar-refractivity contribution in [3.8, 4) is 6.07 Å². The summed E-state index contributed by atoms with van der Waals surface area (Å²) < 4.78 is 19.6. The number of amides is 1. The number of carbonyl (C=O) groups is 2. The SMILES string of the molecule is N#Cc1ccc(Cl)cc1NC(=O)COC(=O)C1(c2ccccc2F)CCCC1. The molecule has 0 spiro atoms. The van der Waals surface area contributed by atoms with Crippen molar-refractivity contribution in [2.75, 3.05) is 11.9 Å². The van der Waals surface area contributed by atoms with Crippen LogP contribution in [0.5, 0.6) is 0 Å². The average molecular weight is 401 g/mol. The van der Waals surface area contributed by atoms with Crippen molar-refractivity contribution in [2.45, 2.75) is 31.1 Å². The van der Waals surface area contributed by atoms with E-state index in [1.165, 1.54) is 24.3 Å². The van der Waals surface area contributed by atoms with E-state index < -0.39 is 29.7 Å². The van der Waals surface area contributed by atoms with Crippen molar-refractivity contribution in [3.63, 3.8) is 0 Å². The molecule has 0 atom stereocenters. The molecule has 1 aliphatic carbocycles. The summed E-state index contributed by atoms with van der Waals surface area (Å²) >= 11 is 5.89. The van der Waals surface area contributed by atoms with Gasteiger partial charge in [0.25, 0.3) is 5.91 Å². The summed E-state index contributed by atoms with van der Waals surface area (Å²) in [6.45, 7) is -0.535. The molecule has 1 amide bonds. The van der Waals surface area contributed by atoms with E-state index in [2.05, 4.69) is 5.32 Å². The van der Waals surface area contributed by atoms with Crippen LogP contribution in [0.15, 0.2) is 42.5 Å². The lowest BCUT2D eigenvalue weighted by Gasteiger charge is -2.27. The summed E-state index contributed by atoms with van der Waals surface area (Å²) in [5.41, 5.74) is -0.289. The Hall–Kier alpha value is -2.91. The fourth-order valence-electron chi connectivity index (χ4n) is 3.58. The normalized spacial score (nSPS) is 14.9. The third-order valence-electron chi connectivity index (χ3n) is 4.95. The van der Waals surface area contributed by atoms with Gasteiger partial charge in [-0.1, -0.05) is 42.6 Å². The molecule has 3 rings (SSSR count). The van der Waals surface area contributed by atoms with Gasteiger partial charge in [-0.15, -0.1) is 0 Å². The van der Waals surface area contributed by atoms with Crippen LogP contribution < -0.4 is 5.32 Å². The van der Waals surface area contributed by atoms with E-state index in [0.29, 0.717) is 23.4 Å². The largest absolute Gasteiger partial charge is 0.455 e. The van der Waals surface area contributed by atoms with Gasteiger partial charge in [0, 0.05) is 10.6 Å². The lowest BCUT2D eigenvalue weighted by Crippen LogP contribution is -2.37. The van der Waals surface area contributed by atoms with Crippen LogP contribution in [0.1, 0.15) is 36.8 Å². The predicted octanol–water partition coefficient (Wildman–Crippen LogP) is 4.34. The van der Waals surface area contributed by atoms with E-state index in [1.54, 1.807) is 18.2 Å². The first kappa shape index (κ1) is 19.8. The van der Waals surface area contributed by atoms with Crippen molar-refractivity contribution in [1.82, 2.24) is 0 Å². The minimum Gasteiger partial charge on any atom is -0.455 e. The molecule has 1 N–H and O–H groups in total. The summed E-state index contributed by atoms with van der Waals surface area (Å²) in [6, 6.07) is 12.6. The second-order valence-corrected chi connectivity index (χ2v) is 7.13. The lowest BCUT2D eigenvalue weighted by molar-refractivity contribution is -0.153. The third-order valence-corrected chi connectivity index (χ3v) is 5.18. The second kappa shape index (κ2) is 8.41. The summed E-state index contributed by atoms with van der Waals surface area (Å²) in [4.78, 5) is 25.0.